The molecule has 0 unspecified atom stereocenters. The van der Waals surface area contributed by atoms with Gasteiger partial charge in [0.25, 0.3) is 0 Å². The van der Waals surface area contributed by atoms with Crippen molar-refractivity contribution in [3.8, 4) is 23.1 Å². The van der Waals surface area contributed by atoms with Gasteiger partial charge in [0.2, 0.25) is 12.7 Å². The minimum Gasteiger partial charge on any atom is -0.454 e. The van der Waals surface area contributed by atoms with Crippen LogP contribution in [0.4, 0.5) is 10.5 Å². The second-order valence-corrected chi connectivity index (χ2v) is 8.29. The van der Waals surface area contributed by atoms with Gasteiger partial charge in [-0.2, -0.15) is 0 Å². The maximum Gasteiger partial charge on any atom is 0.317 e. The van der Waals surface area contributed by atoms with Crippen LogP contribution < -0.4 is 25.3 Å². The zero-order valence-electron chi connectivity index (χ0n) is 18.8. The quantitative estimate of drug-likeness (QED) is 0.581. The van der Waals surface area contributed by atoms with Crippen molar-refractivity contribution in [2.45, 2.75) is 13.1 Å². The van der Waals surface area contributed by atoms with Crippen LogP contribution >= 0.6 is 0 Å². The summed E-state index contributed by atoms with van der Waals surface area (Å²) in [6, 6.07) is 17.0. The fourth-order valence-electron chi connectivity index (χ4n) is 3.94. The number of nitrogens with one attached hydrogen (secondary N) is 1. The van der Waals surface area contributed by atoms with E-state index >= 15 is 0 Å². The van der Waals surface area contributed by atoms with Crippen molar-refractivity contribution < 1.29 is 19.0 Å². The molecule has 2 aromatic carbocycles. The summed E-state index contributed by atoms with van der Waals surface area (Å²) in [6.45, 7) is 4.60. The Kier molecular flexibility index (Phi) is 6.35. The predicted octanol–water partition coefficient (Wildman–Crippen LogP) is 3.21. The molecule has 0 saturated carbocycles. The number of nitrogens with two attached hydrogens (primary N) is 1. The zero-order valence-corrected chi connectivity index (χ0v) is 18.8. The summed E-state index contributed by atoms with van der Waals surface area (Å²) in [7, 11) is 0. The van der Waals surface area contributed by atoms with Crippen LogP contribution in [-0.2, 0) is 13.1 Å². The molecule has 2 aliphatic heterocycles. The number of nitrogens with zero attached hydrogens (tertiary/aromatic N) is 3. The molecule has 3 heterocycles. The topological polar surface area (TPSA) is 102 Å². The van der Waals surface area contributed by atoms with Crippen molar-refractivity contribution in [2.75, 3.05) is 38.7 Å². The highest BCUT2D eigenvalue weighted by Gasteiger charge is 2.22. The first kappa shape index (κ1) is 21.8. The van der Waals surface area contributed by atoms with Crippen molar-refractivity contribution >= 4 is 11.7 Å². The first-order chi connectivity index (χ1) is 16.6. The summed E-state index contributed by atoms with van der Waals surface area (Å²) in [5.74, 6) is 2.75. The second-order valence-electron chi connectivity index (χ2n) is 8.29. The molecule has 2 amide bonds. The summed E-state index contributed by atoms with van der Waals surface area (Å²) < 4.78 is 16.5. The summed E-state index contributed by atoms with van der Waals surface area (Å²) in [4.78, 5) is 21.0. The number of hydrogen-bond donors (Lipinski definition) is 2. The molecule has 0 spiro atoms. The van der Waals surface area contributed by atoms with Crippen LogP contribution in [-0.4, -0.2) is 53.8 Å². The highest BCUT2D eigenvalue weighted by Crippen LogP contribution is 2.32. The fourth-order valence-corrected chi connectivity index (χ4v) is 3.94. The van der Waals surface area contributed by atoms with Crippen molar-refractivity contribution in [1.29, 1.82) is 0 Å². The maximum absolute atomic E-state index is 12.6. The zero-order chi connectivity index (χ0) is 23.3. The Morgan fingerprint density at radius 2 is 1.74 bits per heavy atom. The Balaban J connectivity index is 1.05. The maximum atomic E-state index is 12.6. The highest BCUT2D eigenvalue weighted by atomic mass is 16.7. The van der Waals surface area contributed by atoms with Crippen LogP contribution in [0.25, 0.3) is 0 Å². The molecule has 1 saturated heterocycles. The number of carbonyl (C=O) groups is 1. The molecule has 0 bridgehead atoms. The van der Waals surface area contributed by atoms with Gasteiger partial charge in [0.1, 0.15) is 5.75 Å². The molecule has 9 heteroatoms. The molecule has 0 atom stereocenters. The minimum atomic E-state index is -0.0471. The number of anilines is 1. The molecule has 0 aliphatic carbocycles. The summed E-state index contributed by atoms with van der Waals surface area (Å²) in [5, 5.41) is 3.01. The monoisotopic (exact) mass is 461 g/mol. The lowest BCUT2D eigenvalue weighted by molar-refractivity contribution is 0.135. The molecular weight excluding hydrogens is 434 g/mol. The summed E-state index contributed by atoms with van der Waals surface area (Å²) in [5.41, 5.74) is 8.40. The molecule has 34 heavy (non-hydrogen) atoms. The van der Waals surface area contributed by atoms with Crippen molar-refractivity contribution in [3.63, 3.8) is 0 Å². The van der Waals surface area contributed by atoms with Crippen LogP contribution in [0.2, 0.25) is 0 Å². The van der Waals surface area contributed by atoms with E-state index in [4.69, 9.17) is 19.9 Å². The Hall–Kier alpha value is -3.98. The molecule has 1 aromatic heterocycles. The van der Waals surface area contributed by atoms with Gasteiger partial charge in [0, 0.05) is 45.3 Å². The number of benzene rings is 2. The number of hydrogen-bond acceptors (Lipinski definition) is 7. The molecule has 0 radical (unpaired) electrons. The van der Waals surface area contributed by atoms with E-state index in [0.29, 0.717) is 37.0 Å². The first-order valence-electron chi connectivity index (χ1n) is 11.2. The van der Waals surface area contributed by atoms with Crippen LogP contribution in [0.3, 0.4) is 0 Å². The Bertz CT molecular complexity index is 1130. The van der Waals surface area contributed by atoms with E-state index in [1.54, 1.807) is 18.3 Å². The van der Waals surface area contributed by atoms with Crippen molar-refractivity contribution in [3.05, 3.63) is 71.9 Å². The van der Waals surface area contributed by atoms with Gasteiger partial charge < -0.3 is 30.2 Å². The van der Waals surface area contributed by atoms with Crippen LogP contribution in [0, 0.1) is 0 Å². The van der Waals surface area contributed by atoms with Crippen molar-refractivity contribution in [2.24, 2.45) is 0 Å². The van der Waals surface area contributed by atoms with E-state index in [9.17, 15) is 4.79 Å². The van der Waals surface area contributed by atoms with Gasteiger partial charge in [-0.25, -0.2) is 9.78 Å². The third-order valence-corrected chi connectivity index (χ3v) is 5.85. The van der Waals surface area contributed by atoms with Crippen LogP contribution in [0.15, 0.2) is 60.8 Å². The van der Waals surface area contributed by atoms with Crippen LogP contribution in [0.1, 0.15) is 11.1 Å². The number of nitrogen functional groups attached to an aromatic ring is 1. The predicted molar refractivity (Wildman–Crippen MR) is 127 cm³/mol. The number of urea groups is 1. The van der Waals surface area contributed by atoms with Crippen LogP contribution in [0.5, 0.6) is 23.1 Å². The summed E-state index contributed by atoms with van der Waals surface area (Å²) in [6.07, 6.45) is 1.55. The van der Waals surface area contributed by atoms with Gasteiger partial charge in [-0.05, 0) is 41.5 Å². The average molecular weight is 462 g/mol. The van der Waals surface area contributed by atoms with Gasteiger partial charge in [-0.3, -0.25) is 4.90 Å². The largest absolute Gasteiger partial charge is 0.454 e. The Morgan fingerprint density at radius 1 is 0.971 bits per heavy atom. The number of rotatable bonds is 6. The van der Waals surface area contributed by atoms with Gasteiger partial charge in [0.15, 0.2) is 11.5 Å². The van der Waals surface area contributed by atoms with E-state index < -0.39 is 0 Å². The number of pyridine rings is 1. The first-order valence-corrected chi connectivity index (χ1v) is 11.2. The molecule has 176 valence electrons. The third kappa shape index (κ3) is 5.32. The molecular formula is C25H27N5O4. The lowest BCUT2D eigenvalue weighted by Crippen LogP contribution is -2.51. The number of amides is 2. The van der Waals surface area contributed by atoms with Crippen molar-refractivity contribution in [1.82, 2.24) is 20.1 Å². The molecule has 9 nitrogen and oxygen atoms in total. The third-order valence-electron chi connectivity index (χ3n) is 5.85. The molecule has 3 aromatic rings. The minimum absolute atomic E-state index is 0.0471. The van der Waals surface area contributed by atoms with Gasteiger partial charge in [-0.1, -0.05) is 18.2 Å². The second kappa shape index (κ2) is 9.88. The SMILES string of the molecule is Nc1ccc(Oc2ccc(CNC(=O)N3CCN(Cc4ccc5c(c4)OCO5)CC3)cc2)nc1. The van der Waals surface area contributed by atoms with Gasteiger partial charge in [0.05, 0.1) is 11.9 Å². The normalized spacial score (nSPS) is 15.2. The lowest BCUT2D eigenvalue weighted by atomic mass is 10.1. The smallest absolute Gasteiger partial charge is 0.317 e. The highest BCUT2D eigenvalue weighted by molar-refractivity contribution is 5.74. The van der Waals surface area contributed by atoms with Gasteiger partial charge in [-0.15, -0.1) is 0 Å². The summed E-state index contributed by atoms with van der Waals surface area (Å²) >= 11 is 0. The Labute approximate surface area is 198 Å². The number of aromatic nitrogens is 1. The molecule has 1 fully saturated rings. The van der Waals surface area contributed by atoms with E-state index in [1.165, 1.54) is 5.56 Å². The lowest BCUT2D eigenvalue weighted by Gasteiger charge is -2.34. The Morgan fingerprint density at radius 3 is 2.50 bits per heavy atom. The standard InChI is InChI=1S/C25H27N5O4/c26-20-4-8-24(27-15-20)34-21-5-1-18(2-6-21)14-28-25(31)30-11-9-29(10-12-30)16-19-3-7-22-23(13-19)33-17-32-22/h1-8,13,15H,9-12,14,16-17,26H2,(H,28,31). The number of piperazine rings is 1. The van der Waals surface area contributed by atoms with Gasteiger partial charge >= 0.3 is 6.03 Å². The molecule has 2 aliphatic rings. The number of fused-ring (bicyclic) bond motifs is 1. The van der Waals surface area contributed by atoms with E-state index in [-0.39, 0.29) is 12.8 Å². The van der Waals surface area contributed by atoms with E-state index in [2.05, 4.69) is 21.3 Å². The molecule has 3 N–H and O–H groups in total. The molecule has 5 rings (SSSR count). The van der Waals surface area contributed by atoms with E-state index in [1.807, 2.05) is 41.3 Å². The fraction of sp³-hybridized carbons (Fsp3) is 0.280. The number of carbonyl (C=O) groups excluding carboxylic acids is 1. The number of ether oxygens (including phenoxy) is 3. The van der Waals surface area contributed by atoms with E-state index in [0.717, 1.165) is 36.7 Å². The average Bonchev–Trinajstić information content (AvgIpc) is 3.33.